The van der Waals surface area contributed by atoms with Gasteiger partial charge in [-0.15, -0.1) is 0 Å². The Hall–Kier alpha value is -3.88. The fourth-order valence-electron chi connectivity index (χ4n) is 2.53. The van der Waals surface area contributed by atoms with Gasteiger partial charge in [-0.25, -0.2) is 9.07 Å². The lowest BCUT2D eigenvalue weighted by atomic mass is 10.2. The van der Waals surface area contributed by atoms with Crippen molar-refractivity contribution in [2.75, 3.05) is 5.32 Å². The molecule has 2 N–H and O–H groups in total. The molecule has 0 fully saturated rings. The summed E-state index contributed by atoms with van der Waals surface area (Å²) in [6, 6.07) is 14.2. The van der Waals surface area contributed by atoms with Crippen molar-refractivity contribution in [3.05, 3.63) is 88.6 Å². The van der Waals surface area contributed by atoms with Crippen molar-refractivity contribution in [1.82, 2.24) is 9.78 Å². The maximum atomic E-state index is 14.2. The third-order valence-electron chi connectivity index (χ3n) is 3.76. The zero-order valence-corrected chi connectivity index (χ0v) is 14.9. The van der Waals surface area contributed by atoms with Crippen LogP contribution in [0.3, 0.4) is 0 Å². The van der Waals surface area contributed by atoms with Crippen LogP contribution in [0, 0.1) is 11.2 Å². The van der Waals surface area contributed by atoms with Crippen molar-refractivity contribution in [1.29, 1.82) is 5.41 Å². The van der Waals surface area contributed by atoms with Gasteiger partial charge in [-0.1, -0.05) is 30.3 Å². The van der Waals surface area contributed by atoms with Gasteiger partial charge in [0.15, 0.2) is 11.4 Å². The average molecular weight is 400 g/mol. The summed E-state index contributed by atoms with van der Waals surface area (Å²) >= 11 is 0. The van der Waals surface area contributed by atoms with Gasteiger partial charge in [-0.05, 0) is 30.3 Å². The van der Waals surface area contributed by atoms with Crippen LogP contribution in [0.25, 0.3) is 11.4 Å². The van der Waals surface area contributed by atoms with Crippen LogP contribution >= 0.6 is 0 Å². The average Bonchev–Trinajstić information content (AvgIpc) is 2.70. The molecule has 1 heterocycles. The first-order valence-corrected chi connectivity index (χ1v) is 8.36. The quantitative estimate of drug-likeness (QED) is 0.586. The van der Waals surface area contributed by atoms with Crippen molar-refractivity contribution in [2.24, 2.45) is 0 Å². The Morgan fingerprint density at radius 3 is 2.48 bits per heavy atom. The van der Waals surface area contributed by atoms with Gasteiger partial charge in [-0.3, -0.25) is 4.79 Å². The summed E-state index contributed by atoms with van der Waals surface area (Å²) in [7, 11) is 0. The number of ether oxygens (including phenoxy) is 1. The highest BCUT2D eigenvalue weighted by Crippen LogP contribution is 2.20. The molecule has 0 atom stereocenters. The Balaban J connectivity index is 2.18. The highest BCUT2D eigenvalue weighted by atomic mass is 19.3. The number of rotatable bonds is 7. The largest absolute Gasteiger partial charge is 0.429 e. The van der Waals surface area contributed by atoms with Gasteiger partial charge in [-0.2, -0.15) is 13.9 Å². The fraction of sp³-hybridized carbons (Fsp3) is 0.0500. The molecule has 9 heteroatoms. The highest BCUT2D eigenvalue weighted by molar-refractivity contribution is 5.87. The minimum absolute atomic E-state index is 0.0565. The third-order valence-corrected chi connectivity index (χ3v) is 3.76. The van der Waals surface area contributed by atoms with E-state index in [1.54, 1.807) is 30.3 Å². The number of hydrogen-bond acceptors (Lipinski definition) is 5. The molecular weight excluding hydrogens is 385 g/mol. The topological polar surface area (TPSA) is 80.0 Å². The first kappa shape index (κ1) is 19.9. The van der Waals surface area contributed by atoms with E-state index in [4.69, 9.17) is 5.41 Å². The maximum Gasteiger partial charge on any atom is 0.387 e. The summed E-state index contributed by atoms with van der Waals surface area (Å²) in [6.45, 7) is -3.26. The molecule has 0 aliphatic heterocycles. The molecule has 3 rings (SSSR count). The molecule has 0 unspecified atom stereocenters. The Labute approximate surface area is 163 Å². The van der Waals surface area contributed by atoms with Crippen LogP contribution < -0.4 is 15.5 Å². The number of nitrogens with zero attached hydrogens (tertiary/aromatic N) is 2. The van der Waals surface area contributed by atoms with Crippen LogP contribution in [0.5, 0.6) is 5.75 Å². The molecule has 0 amide bonds. The number of halogens is 3. The van der Waals surface area contributed by atoms with E-state index in [1.165, 1.54) is 30.3 Å². The normalized spacial score (nSPS) is 11.4. The van der Waals surface area contributed by atoms with Crippen molar-refractivity contribution < 1.29 is 17.9 Å². The number of aromatic nitrogens is 2. The van der Waals surface area contributed by atoms with Gasteiger partial charge < -0.3 is 15.5 Å². The highest BCUT2D eigenvalue weighted by Gasteiger charge is 2.19. The second-order valence-corrected chi connectivity index (χ2v) is 5.68. The number of benzene rings is 2. The summed E-state index contributed by atoms with van der Waals surface area (Å²) in [5.41, 5.74) is -0.699. The molecule has 0 aliphatic carbocycles. The predicted octanol–water partition coefficient (Wildman–Crippen LogP) is 4.08. The molecule has 0 aliphatic rings. The smallest absolute Gasteiger partial charge is 0.387 e. The first-order chi connectivity index (χ1) is 14.0. The minimum atomic E-state index is -3.26. The second kappa shape index (κ2) is 8.87. The number of anilines is 1. The van der Waals surface area contributed by atoms with Crippen molar-refractivity contribution >= 4 is 17.6 Å². The number of allylic oxidation sites excluding steroid dienone is 1. The molecular formula is C20H15F3N4O2. The molecule has 0 spiro atoms. The lowest BCUT2D eigenvalue weighted by Gasteiger charge is -2.14. The maximum absolute atomic E-state index is 14.2. The second-order valence-electron chi connectivity index (χ2n) is 5.68. The van der Waals surface area contributed by atoms with Gasteiger partial charge in [0.25, 0.3) is 5.43 Å². The van der Waals surface area contributed by atoms with Crippen molar-refractivity contribution in [3.63, 3.8) is 0 Å². The fourth-order valence-corrected chi connectivity index (χ4v) is 2.53. The van der Waals surface area contributed by atoms with Crippen LogP contribution in [0.2, 0.25) is 0 Å². The lowest BCUT2D eigenvalue weighted by Crippen LogP contribution is -2.23. The van der Waals surface area contributed by atoms with E-state index in [9.17, 15) is 18.0 Å². The van der Waals surface area contributed by atoms with Crippen LogP contribution in [-0.2, 0) is 0 Å². The van der Waals surface area contributed by atoms with E-state index in [2.05, 4.69) is 15.2 Å². The molecule has 0 saturated carbocycles. The molecule has 29 heavy (non-hydrogen) atoms. The van der Waals surface area contributed by atoms with Gasteiger partial charge in [0.2, 0.25) is 0 Å². The number of nitrogens with one attached hydrogen (secondary N) is 2. The van der Waals surface area contributed by atoms with Crippen LogP contribution in [0.4, 0.5) is 18.9 Å². The monoisotopic (exact) mass is 400 g/mol. The summed E-state index contributed by atoms with van der Waals surface area (Å²) < 4.78 is 45.1. The molecule has 148 valence electrons. The molecule has 2 aromatic carbocycles. The minimum Gasteiger partial charge on any atom is -0.429 e. The SMILES string of the molecule is N=C/C=C(\Nc1ccccc1)c1nn(-c2ccccc2F)cc(OC(F)F)c1=O. The Morgan fingerprint density at radius 1 is 1.14 bits per heavy atom. The van der Waals surface area contributed by atoms with E-state index in [1.807, 2.05) is 0 Å². The molecule has 0 saturated heterocycles. The molecule has 6 nitrogen and oxygen atoms in total. The summed E-state index contributed by atoms with van der Waals surface area (Å²) in [4.78, 5) is 12.7. The first-order valence-electron chi connectivity index (χ1n) is 8.36. The predicted molar refractivity (Wildman–Crippen MR) is 103 cm³/mol. The zero-order valence-electron chi connectivity index (χ0n) is 14.9. The van der Waals surface area contributed by atoms with Gasteiger partial charge >= 0.3 is 6.61 Å². The Kier molecular flexibility index (Phi) is 6.08. The van der Waals surface area contributed by atoms with E-state index >= 15 is 0 Å². The van der Waals surface area contributed by atoms with Gasteiger partial charge in [0.05, 0.1) is 11.9 Å². The molecule has 0 bridgehead atoms. The molecule has 0 radical (unpaired) electrons. The number of para-hydroxylation sites is 2. The lowest BCUT2D eigenvalue weighted by molar-refractivity contribution is -0.0510. The van der Waals surface area contributed by atoms with Crippen molar-refractivity contribution in [3.8, 4) is 11.4 Å². The van der Waals surface area contributed by atoms with Crippen molar-refractivity contribution in [2.45, 2.75) is 6.61 Å². The Morgan fingerprint density at radius 2 is 1.83 bits per heavy atom. The van der Waals surface area contributed by atoms with E-state index in [-0.39, 0.29) is 17.1 Å². The molecule has 3 aromatic rings. The number of hydrogen-bond donors (Lipinski definition) is 2. The zero-order chi connectivity index (χ0) is 20.8. The number of alkyl halides is 2. The van der Waals surface area contributed by atoms with Crippen LogP contribution in [0.1, 0.15) is 5.69 Å². The van der Waals surface area contributed by atoms with E-state index in [0.29, 0.717) is 5.69 Å². The standard InChI is InChI=1S/C20H15F3N4O2/c21-14-8-4-5-9-16(14)27-12-17(29-20(22)23)19(28)18(26-27)15(10-11-24)25-13-6-2-1-3-7-13/h1-12,20,24-25H/b15-10-,24-11?. The van der Waals surface area contributed by atoms with Crippen LogP contribution in [-0.4, -0.2) is 22.6 Å². The summed E-state index contributed by atoms with van der Waals surface area (Å²) in [5.74, 6) is -1.38. The summed E-state index contributed by atoms with van der Waals surface area (Å²) in [5, 5.41) is 14.3. The van der Waals surface area contributed by atoms with E-state index in [0.717, 1.165) is 17.1 Å². The van der Waals surface area contributed by atoms with Gasteiger partial charge in [0, 0.05) is 11.9 Å². The Bertz CT molecular complexity index is 1100. The summed E-state index contributed by atoms with van der Waals surface area (Å²) in [6.07, 6.45) is 3.02. The molecule has 1 aromatic heterocycles. The van der Waals surface area contributed by atoms with E-state index < -0.39 is 23.6 Å². The van der Waals surface area contributed by atoms with Gasteiger partial charge in [0.1, 0.15) is 11.5 Å². The third kappa shape index (κ3) is 4.70. The van der Waals surface area contributed by atoms with Crippen LogP contribution in [0.15, 0.2) is 71.7 Å².